The van der Waals surface area contributed by atoms with E-state index in [0.29, 0.717) is 34.1 Å². The van der Waals surface area contributed by atoms with Gasteiger partial charge in [0.25, 0.3) is 0 Å². The summed E-state index contributed by atoms with van der Waals surface area (Å²) in [5.74, 6) is -0.888. The summed E-state index contributed by atoms with van der Waals surface area (Å²) in [6.07, 6.45) is 13.6. The Morgan fingerprint density at radius 1 is 0.488 bits per heavy atom. The molecule has 0 fully saturated rings. The molecular weight excluding hydrogens is 560 g/mol. The van der Waals surface area contributed by atoms with E-state index in [1.165, 1.54) is 51.4 Å². The fourth-order valence-electron chi connectivity index (χ4n) is 4.42. The van der Waals surface area contributed by atoms with Crippen molar-refractivity contribution in [3.63, 3.8) is 0 Å². The van der Waals surface area contributed by atoms with Crippen LogP contribution >= 0.6 is 0 Å². The van der Waals surface area contributed by atoms with Crippen LogP contribution < -0.4 is 0 Å². The fourth-order valence-corrected chi connectivity index (χ4v) is 5.73. The summed E-state index contributed by atoms with van der Waals surface area (Å²) in [6, 6.07) is 23.6. The van der Waals surface area contributed by atoms with Crippen LogP contribution in [-0.2, 0) is 19.3 Å². The van der Waals surface area contributed by atoms with E-state index in [-0.39, 0.29) is 0 Å². The lowest BCUT2D eigenvalue weighted by Gasteiger charge is -2.10. The van der Waals surface area contributed by atoms with Crippen LogP contribution in [-0.4, -0.2) is 33.6 Å². The zero-order valence-corrected chi connectivity index (χ0v) is 26.7. The third-order valence-corrected chi connectivity index (χ3v) is 8.72. The maximum absolute atomic E-state index is 12.4. The quantitative estimate of drug-likeness (QED) is 0.106. The lowest BCUT2D eigenvalue weighted by molar-refractivity contribution is 0.0450. The Labute approximate surface area is 258 Å². The molecule has 0 heterocycles. The van der Waals surface area contributed by atoms with Crippen molar-refractivity contribution in [2.45, 2.75) is 101 Å². The number of esters is 2. The van der Waals surface area contributed by atoms with Gasteiger partial charge in [-0.25, -0.2) is 18.0 Å². The summed E-state index contributed by atoms with van der Waals surface area (Å²) in [7, 11) is -3.34. The van der Waals surface area contributed by atoms with Crippen molar-refractivity contribution >= 4 is 21.8 Å². The highest BCUT2D eigenvalue weighted by atomic mass is 32.2. The average Bonchev–Trinajstić information content (AvgIpc) is 3.05. The third-order valence-electron chi connectivity index (χ3n) is 6.94. The highest BCUT2D eigenvalue weighted by Crippen LogP contribution is 2.19. The number of hydrogen-bond acceptors (Lipinski definition) is 6. The van der Waals surface area contributed by atoms with Gasteiger partial charge >= 0.3 is 11.9 Å². The predicted octanol–water partition coefficient (Wildman–Crippen LogP) is 9.24. The average molecular weight is 609 g/mol. The predicted molar refractivity (Wildman–Crippen MR) is 172 cm³/mol. The largest absolute Gasteiger partial charge is 0.462 e. The number of carbonyl (C=O) groups excluding carboxylic acids is 2. The Morgan fingerprint density at radius 3 is 1.19 bits per heavy atom. The molecule has 0 saturated carbocycles. The van der Waals surface area contributed by atoms with E-state index >= 15 is 0 Å². The molecule has 0 radical (unpaired) electrons. The van der Waals surface area contributed by atoms with Gasteiger partial charge in [0.15, 0.2) is 0 Å². The van der Waals surface area contributed by atoms with E-state index in [9.17, 15) is 18.0 Å². The molecule has 0 aliphatic carbocycles. The third kappa shape index (κ3) is 13.6. The minimum absolute atomic E-state index is 0.293. The Hall–Kier alpha value is -3.45. The van der Waals surface area contributed by atoms with Gasteiger partial charge in [-0.15, -0.1) is 0 Å². The molecule has 0 bridgehead atoms. The number of unbranched alkanes of at least 4 members (excludes halogenated alkanes) is 10. The highest BCUT2D eigenvalue weighted by Gasteiger charge is 2.19. The summed E-state index contributed by atoms with van der Waals surface area (Å²) in [5.41, 5.74) is 0.586. The molecule has 6 nitrogen and oxygen atoms in total. The van der Waals surface area contributed by atoms with E-state index in [4.69, 9.17) is 9.47 Å². The highest BCUT2D eigenvalue weighted by molar-refractivity contribution is 7.91. The second-order valence-corrected chi connectivity index (χ2v) is 12.4. The van der Waals surface area contributed by atoms with Crippen LogP contribution in [0, 0.1) is 0 Å². The molecule has 0 spiro atoms. The Morgan fingerprint density at radius 2 is 0.814 bits per heavy atom. The summed E-state index contributed by atoms with van der Waals surface area (Å²) >= 11 is 0. The monoisotopic (exact) mass is 608 g/mol. The second-order valence-electron chi connectivity index (χ2n) is 10.5. The van der Waals surface area contributed by atoms with E-state index in [1.807, 2.05) is 0 Å². The van der Waals surface area contributed by atoms with Crippen LogP contribution in [0.25, 0.3) is 0 Å². The van der Waals surface area contributed by atoms with Crippen LogP contribution in [0.3, 0.4) is 0 Å². The number of benzene rings is 3. The first kappa shape index (κ1) is 35.7. The smallest absolute Gasteiger partial charge is 0.339 e. The number of carbonyl (C=O) groups is 2. The van der Waals surface area contributed by atoms with Crippen molar-refractivity contribution in [1.82, 2.24) is 0 Å². The van der Waals surface area contributed by atoms with E-state index in [2.05, 4.69) is 13.8 Å². The molecule has 234 valence electrons. The van der Waals surface area contributed by atoms with Gasteiger partial charge in [-0.3, -0.25) is 0 Å². The molecule has 0 saturated heterocycles. The molecule has 0 atom stereocenters. The van der Waals surface area contributed by atoms with Crippen LogP contribution in [0.2, 0.25) is 0 Å². The fraction of sp³-hybridized carbons (Fsp3) is 0.444. The van der Waals surface area contributed by atoms with Crippen LogP contribution in [0.4, 0.5) is 0 Å². The van der Waals surface area contributed by atoms with Crippen LogP contribution in [0.5, 0.6) is 0 Å². The molecule has 0 unspecified atom stereocenters. The first-order valence-corrected chi connectivity index (χ1v) is 17.2. The molecule has 0 aromatic heterocycles. The molecule has 0 amide bonds. The van der Waals surface area contributed by atoms with Crippen molar-refractivity contribution in [1.29, 1.82) is 0 Å². The Kier molecular flexibility index (Phi) is 17.7. The molecule has 0 N–H and O–H groups in total. The minimum atomic E-state index is -3.34. The van der Waals surface area contributed by atoms with Crippen molar-refractivity contribution in [2.75, 3.05) is 13.2 Å². The van der Waals surface area contributed by atoms with E-state index in [0.717, 1.165) is 25.7 Å². The molecule has 3 aromatic rings. The zero-order chi connectivity index (χ0) is 31.2. The molecule has 3 rings (SSSR count). The normalized spacial score (nSPS) is 10.8. The topological polar surface area (TPSA) is 86.7 Å². The molecule has 0 aliphatic rings. The van der Waals surface area contributed by atoms with Crippen LogP contribution in [0.1, 0.15) is 112 Å². The van der Waals surface area contributed by atoms with Gasteiger partial charge in [-0.2, -0.15) is 0 Å². The van der Waals surface area contributed by atoms with Gasteiger partial charge in [0.05, 0.1) is 34.1 Å². The van der Waals surface area contributed by atoms with Crippen molar-refractivity contribution in [3.8, 4) is 0 Å². The van der Waals surface area contributed by atoms with E-state index in [1.54, 1.807) is 84.9 Å². The SMILES string of the molecule is CCCCCCCCOC(=O)c1ccccc1C(=O)OCCCCCCCC.O=S(=O)(c1ccccc1)c1ccccc1. The zero-order valence-electron chi connectivity index (χ0n) is 25.8. The summed E-state index contributed by atoms with van der Waals surface area (Å²) in [6.45, 7) is 5.17. The van der Waals surface area contributed by atoms with Crippen LogP contribution in [0.15, 0.2) is 94.7 Å². The summed E-state index contributed by atoms with van der Waals surface area (Å²) in [5, 5.41) is 0. The Bertz CT molecular complexity index is 1200. The Balaban J connectivity index is 0.000000358. The van der Waals surface area contributed by atoms with Gasteiger partial charge in [0.1, 0.15) is 0 Å². The van der Waals surface area contributed by atoms with E-state index < -0.39 is 21.8 Å². The maximum atomic E-state index is 12.4. The summed E-state index contributed by atoms with van der Waals surface area (Å²) < 4.78 is 34.8. The van der Waals surface area contributed by atoms with Gasteiger partial charge in [-0.05, 0) is 49.2 Å². The number of hydrogen-bond donors (Lipinski definition) is 0. The van der Waals surface area contributed by atoms with Gasteiger partial charge in [0.2, 0.25) is 9.84 Å². The van der Waals surface area contributed by atoms with Crippen molar-refractivity contribution in [3.05, 3.63) is 96.1 Å². The van der Waals surface area contributed by atoms with Gasteiger partial charge in [0, 0.05) is 0 Å². The lowest BCUT2D eigenvalue weighted by Crippen LogP contribution is -2.15. The number of rotatable bonds is 18. The second kappa shape index (κ2) is 21.3. The molecule has 3 aromatic carbocycles. The lowest BCUT2D eigenvalue weighted by atomic mass is 10.1. The number of ether oxygens (including phenoxy) is 2. The first-order chi connectivity index (χ1) is 20.9. The molecule has 43 heavy (non-hydrogen) atoms. The molecule has 7 heteroatoms. The number of sulfone groups is 1. The molecule has 0 aliphatic heterocycles. The standard InChI is InChI=1S/C24H38O4.C12H10O2S/c1-3-5-7-9-11-15-19-27-23(25)21-17-13-14-18-22(21)24(26)28-20-16-12-10-8-6-4-2;13-15(14,11-7-3-1-4-8-11)12-9-5-2-6-10-12/h13-14,17-18H,3-12,15-16,19-20H2,1-2H3;1-10H. The summed E-state index contributed by atoms with van der Waals surface area (Å²) in [4.78, 5) is 25.4. The van der Waals surface area contributed by atoms with Gasteiger partial charge in [-0.1, -0.05) is 127 Å². The van der Waals surface area contributed by atoms with Crippen molar-refractivity contribution in [2.24, 2.45) is 0 Å². The van der Waals surface area contributed by atoms with Gasteiger partial charge < -0.3 is 9.47 Å². The maximum Gasteiger partial charge on any atom is 0.339 e. The molecular formula is C36H48O6S. The first-order valence-electron chi connectivity index (χ1n) is 15.7. The van der Waals surface area contributed by atoms with Crippen molar-refractivity contribution < 1.29 is 27.5 Å². The minimum Gasteiger partial charge on any atom is -0.462 e.